The highest BCUT2D eigenvalue weighted by Gasteiger charge is 2.08. The molecule has 0 bridgehead atoms. The molecule has 5 nitrogen and oxygen atoms in total. The summed E-state index contributed by atoms with van der Waals surface area (Å²) in [4.78, 5) is 0. The number of hydrogen-bond donors (Lipinski definition) is 3. The fraction of sp³-hybridized carbons (Fsp3) is 0.250. The Kier molecular flexibility index (Phi) is 3.30. The minimum absolute atomic E-state index is 0.225. The van der Waals surface area contributed by atoms with Gasteiger partial charge in [-0.1, -0.05) is 0 Å². The third kappa shape index (κ3) is 2.39. The maximum absolute atomic E-state index is 9.22. The van der Waals surface area contributed by atoms with Gasteiger partial charge in [0.15, 0.2) is 0 Å². The second-order valence-corrected chi connectivity index (χ2v) is 3.88. The van der Waals surface area contributed by atoms with Crippen molar-refractivity contribution in [1.82, 2.24) is 9.78 Å². The molecule has 2 rings (SSSR count). The van der Waals surface area contributed by atoms with E-state index in [4.69, 9.17) is 11.5 Å². The summed E-state index contributed by atoms with van der Waals surface area (Å²) in [5.41, 5.74) is 13.3. The second kappa shape index (κ2) is 4.88. The van der Waals surface area contributed by atoms with Crippen molar-refractivity contribution in [2.75, 3.05) is 12.3 Å². The van der Waals surface area contributed by atoms with Gasteiger partial charge in [0, 0.05) is 5.56 Å². The van der Waals surface area contributed by atoms with Gasteiger partial charge in [-0.3, -0.25) is 0 Å². The molecule has 1 aromatic carbocycles. The molecule has 0 aliphatic rings. The predicted octanol–water partition coefficient (Wildman–Crippen LogP) is 1.05. The number of benzene rings is 1. The van der Waals surface area contributed by atoms with Crippen molar-refractivity contribution in [2.24, 2.45) is 5.73 Å². The molecule has 0 aliphatic heterocycles. The first kappa shape index (κ1) is 11.5. The first-order chi connectivity index (χ1) is 8.22. The third-order valence-corrected chi connectivity index (χ3v) is 2.63. The minimum Gasteiger partial charge on any atom is -0.508 e. The van der Waals surface area contributed by atoms with Crippen LogP contribution >= 0.6 is 0 Å². The Morgan fingerprint density at radius 3 is 2.59 bits per heavy atom. The van der Waals surface area contributed by atoms with E-state index in [0.29, 0.717) is 12.4 Å². The van der Waals surface area contributed by atoms with Gasteiger partial charge in [-0.2, -0.15) is 5.10 Å². The number of aromatic hydroxyl groups is 1. The van der Waals surface area contributed by atoms with Crippen molar-refractivity contribution in [3.8, 4) is 11.4 Å². The molecule has 5 N–H and O–H groups in total. The molecule has 5 heteroatoms. The van der Waals surface area contributed by atoms with Crippen molar-refractivity contribution in [2.45, 2.75) is 12.8 Å². The van der Waals surface area contributed by atoms with Crippen LogP contribution in [0.5, 0.6) is 5.75 Å². The van der Waals surface area contributed by atoms with Crippen LogP contribution in [0, 0.1) is 0 Å². The van der Waals surface area contributed by atoms with Crippen molar-refractivity contribution < 1.29 is 5.11 Å². The number of nitrogens with zero attached hydrogens (tertiary/aromatic N) is 2. The van der Waals surface area contributed by atoms with Gasteiger partial charge in [-0.15, -0.1) is 0 Å². The molecule has 1 aromatic heterocycles. The van der Waals surface area contributed by atoms with E-state index in [2.05, 4.69) is 5.10 Å². The van der Waals surface area contributed by atoms with E-state index in [1.54, 1.807) is 35.1 Å². The first-order valence-electron chi connectivity index (χ1n) is 5.54. The summed E-state index contributed by atoms with van der Waals surface area (Å²) in [5.74, 6) is 0.854. The van der Waals surface area contributed by atoms with Crippen LogP contribution in [-0.2, 0) is 6.42 Å². The van der Waals surface area contributed by atoms with E-state index < -0.39 is 0 Å². The molecule has 90 valence electrons. The van der Waals surface area contributed by atoms with Gasteiger partial charge in [0.05, 0.1) is 11.9 Å². The van der Waals surface area contributed by atoms with Gasteiger partial charge >= 0.3 is 0 Å². The molecule has 1 heterocycles. The standard InChI is InChI=1S/C12H16N4O/c13-7-1-2-9-8-15-16(12(9)14)10-3-5-11(17)6-4-10/h3-6,8,17H,1-2,7,13-14H2. The maximum Gasteiger partial charge on any atom is 0.130 e. The van der Waals surface area contributed by atoms with Gasteiger partial charge in [0.2, 0.25) is 0 Å². The molecular formula is C12H16N4O. The van der Waals surface area contributed by atoms with Gasteiger partial charge in [-0.25, -0.2) is 4.68 Å². The van der Waals surface area contributed by atoms with Crippen LogP contribution in [0.2, 0.25) is 0 Å². The zero-order valence-electron chi connectivity index (χ0n) is 9.50. The Bertz CT molecular complexity index is 490. The largest absolute Gasteiger partial charge is 0.508 e. The van der Waals surface area contributed by atoms with E-state index in [1.807, 2.05) is 0 Å². The summed E-state index contributed by atoms with van der Waals surface area (Å²) in [7, 11) is 0. The van der Waals surface area contributed by atoms with Crippen molar-refractivity contribution in [1.29, 1.82) is 0 Å². The number of nitrogen functional groups attached to an aromatic ring is 1. The number of hydrogen-bond acceptors (Lipinski definition) is 4. The molecule has 0 fully saturated rings. The van der Waals surface area contributed by atoms with Crippen LogP contribution in [-0.4, -0.2) is 21.4 Å². The fourth-order valence-electron chi connectivity index (χ4n) is 1.68. The Labute approximate surface area is 99.7 Å². The topological polar surface area (TPSA) is 90.1 Å². The van der Waals surface area contributed by atoms with Crippen LogP contribution in [0.1, 0.15) is 12.0 Å². The minimum atomic E-state index is 0.225. The van der Waals surface area contributed by atoms with E-state index in [0.717, 1.165) is 24.1 Å². The molecular weight excluding hydrogens is 216 g/mol. The molecule has 0 spiro atoms. The van der Waals surface area contributed by atoms with Crippen LogP contribution in [0.25, 0.3) is 5.69 Å². The van der Waals surface area contributed by atoms with E-state index >= 15 is 0 Å². The van der Waals surface area contributed by atoms with E-state index in [1.165, 1.54) is 0 Å². The van der Waals surface area contributed by atoms with Crippen LogP contribution in [0.15, 0.2) is 30.5 Å². The average molecular weight is 232 g/mol. The Morgan fingerprint density at radius 1 is 1.24 bits per heavy atom. The second-order valence-electron chi connectivity index (χ2n) is 3.88. The Morgan fingerprint density at radius 2 is 1.94 bits per heavy atom. The van der Waals surface area contributed by atoms with Crippen LogP contribution in [0.3, 0.4) is 0 Å². The molecule has 0 saturated carbocycles. The summed E-state index contributed by atoms with van der Waals surface area (Å²) in [6.07, 6.45) is 3.49. The van der Waals surface area contributed by atoms with Crippen molar-refractivity contribution in [3.05, 3.63) is 36.0 Å². The number of nitrogens with two attached hydrogens (primary N) is 2. The predicted molar refractivity (Wildman–Crippen MR) is 67.0 cm³/mol. The van der Waals surface area contributed by atoms with Crippen LogP contribution < -0.4 is 11.5 Å². The summed E-state index contributed by atoms with van der Waals surface area (Å²) >= 11 is 0. The van der Waals surface area contributed by atoms with E-state index in [9.17, 15) is 5.11 Å². The number of phenolic OH excluding ortho intramolecular Hbond substituents is 1. The average Bonchev–Trinajstić information content (AvgIpc) is 2.69. The highest BCUT2D eigenvalue weighted by atomic mass is 16.3. The van der Waals surface area contributed by atoms with Crippen molar-refractivity contribution >= 4 is 5.82 Å². The third-order valence-electron chi connectivity index (χ3n) is 2.63. The SMILES string of the molecule is NCCCc1cnn(-c2ccc(O)cc2)c1N. The lowest BCUT2D eigenvalue weighted by atomic mass is 10.2. The zero-order chi connectivity index (χ0) is 12.3. The smallest absolute Gasteiger partial charge is 0.130 e. The highest BCUT2D eigenvalue weighted by molar-refractivity contribution is 5.48. The van der Waals surface area contributed by atoms with Crippen molar-refractivity contribution in [3.63, 3.8) is 0 Å². The molecule has 0 saturated heterocycles. The number of anilines is 1. The van der Waals surface area contributed by atoms with Gasteiger partial charge < -0.3 is 16.6 Å². The first-order valence-corrected chi connectivity index (χ1v) is 5.54. The molecule has 2 aromatic rings. The number of rotatable bonds is 4. The number of phenols is 1. The summed E-state index contributed by atoms with van der Waals surface area (Å²) < 4.78 is 1.66. The van der Waals surface area contributed by atoms with Gasteiger partial charge in [0.25, 0.3) is 0 Å². The molecule has 17 heavy (non-hydrogen) atoms. The molecule has 0 aliphatic carbocycles. The molecule has 0 amide bonds. The monoisotopic (exact) mass is 232 g/mol. The summed E-state index contributed by atoms with van der Waals surface area (Å²) in [5, 5.41) is 13.5. The lowest BCUT2D eigenvalue weighted by Gasteiger charge is -2.05. The fourth-order valence-corrected chi connectivity index (χ4v) is 1.68. The van der Waals surface area contributed by atoms with Crippen LogP contribution in [0.4, 0.5) is 5.82 Å². The molecule has 0 radical (unpaired) electrons. The van der Waals surface area contributed by atoms with Gasteiger partial charge in [0.1, 0.15) is 11.6 Å². The lowest BCUT2D eigenvalue weighted by molar-refractivity contribution is 0.475. The summed E-state index contributed by atoms with van der Waals surface area (Å²) in [6.45, 7) is 0.643. The van der Waals surface area contributed by atoms with E-state index in [-0.39, 0.29) is 5.75 Å². The zero-order valence-corrected chi connectivity index (χ0v) is 9.50. The lowest BCUT2D eigenvalue weighted by Crippen LogP contribution is -2.04. The Balaban J connectivity index is 2.27. The quantitative estimate of drug-likeness (QED) is 0.735. The normalized spacial score (nSPS) is 10.6. The Hall–Kier alpha value is -2.01. The number of aromatic nitrogens is 2. The maximum atomic E-state index is 9.22. The van der Waals surface area contributed by atoms with Gasteiger partial charge in [-0.05, 0) is 43.7 Å². The highest BCUT2D eigenvalue weighted by Crippen LogP contribution is 2.19. The summed E-state index contributed by atoms with van der Waals surface area (Å²) in [6, 6.07) is 6.75. The molecule has 0 atom stereocenters. The number of aryl methyl sites for hydroxylation is 1. The molecule has 0 unspecified atom stereocenters.